The Bertz CT molecular complexity index is 1320. The number of nitrogen functional groups attached to an aromatic ring is 1. The zero-order valence-electron chi connectivity index (χ0n) is 22.2. The summed E-state index contributed by atoms with van der Waals surface area (Å²) in [5.41, 5.74) is 10.6. The van der Waals surface area contributed by atoms with E-state index >= 15 is 0 Å². The number of likely N-dealkylation sites (tertiary alicyclic amines) is 1. The normalized spacial score (nSPS) is 18.5. The van der Waals surface area contributed by atoms with Crippen molar-refractivity contribution in [2.75, 3.05) is 25.5 Å². The second kappa shape index (κ2) is 10.7. The van der Waals surface area contributed by atoms with Crippen molar-refractivity contribution in [1.29, 1.82) is 0 Å². The number of nitrogens with zero attached hydrogens (tertiary/aromatic N) is 3. The Hall–Kier alpha value is -3.52. The second-order valence-corrected chi connectivity index (χ2v) is 11.1. The van der Waals surface area contributed by atoms with Crippen LogP contribution in [0.2, 0.25) is 0 Å². The van der Waals surface area contributed by atoms with E-state index in [4.69, 9.17) is 15.2 Å². The van der Waals surface area contributed by atoms with Crippen molar-refractivity contribution in [2.24, 2.45) is 0 Å². The highest BCUT2D eigenvalue weighted by atomic mass is 19.1. The first-order valence-electron chi connectivity index (χ1n) is 13.3. The molecule has 2 aliphatic heterocycles. The molecule has 1 atom stereocenters. The molecule has 38 heavy (non-hydrogen) atoms. The van der Waals surface area contributed by atoms with Crippen molar-refractivity contribution >= 4 is 11.9 Å². The number of halogens is 1. The van der Waals surface area contributed by atoms with Gasteiger partial charge in [-0.1, -0.05) is 12.1 Å². The Kier molecular flexibility index (Phi) is 7.34. The molecule has 0 radical (unpaired) electrons. The first kappa shape index (κ1) is 26.1. The van der Waals surface area contributed by atoms with Gasteiger partial charge in [0.05, 0.1) is 12.2 Å². The van der Waals surface area contributed by atoms with Crippen LogP contribution in [0.3, 0.4) is 0 Å². The lowest BCUT2D eigenvalue weighted by Gasteiger charge is -2.32. The van der Waals surface area contributed by atoms with Gasteiger partial charge in [-0.05, 0) is 87.3 Å². The van der Waals surface area contributed by atoms with Gasteiger partial charge in [-0.3, -0.25) is 4.98 Å². The Morgan fingerprint density at radius 3 is 2.58 bits per heavy atom. The minimum atomic E-state index is -0.566. The molecule has 0 bridgehead atoms. The molecule has 0 saturated carbocycles. The van der Waals surface area contributed by atoms with Gasteiger partial charge < -0.3 is 20.1 Å². The quantitative estimate of drug-likeness (QED) is 0.424. The number of ether oxygens (including phenoxy) is 2. The molecule has 0 unspecified atom stereocenters. The van der Waals surface area contributed by atoms with E-state index in [2.05, 4.69) is 28.2 Å². The van der Waals surface area contributed by atoms with E-state index in [0.717, 1.165) is 55.6 Å². The molecular formula is C30H35FN4O3. The van der Waals surface area contributed by atoms with Gasteiger partial charge in [-0.2, -0.15) is 0 Å². The number of aromatic nitrogens is 2. The fraction of sp³-hybridized carbons (Fsp3) is 0.433. The average Bonchev–Trinajstić information content (AvgIpc) is 3.39. The van der Waals surface area contributed by atoms with Crippen LogP contribution in [0.1, 0.15) is 69.5 Å². The van der Waals surface area contributed by atoms with Crippen molar-refractivity contribution < 1.29 is 18.7 Å². The minimum absolute atomic E-state index is 0.0819. The number of pyridine rings is 2. The van der Waals surface area contributed by atoms with Crippen LogP contribution in [-0.2, 0) is 9.47 Å². The van der Waals surface area contributed by atoms with E-state index in [1.807, 2.05) is 31.7 Å². The van der Waals surface area contributed by atoms with Crippen molar-refractivity contribution in [3.63, 3.8) is 0 Å². The van der Waals surface area contributed by atoms with E-state index in [0.29, 0.717) is 23.6 Å². The van der Waals surface area contributed by atoms with Crippen LogP contribution in [0, 0.1) is 5.82 Å². The molecule has 2 aliphatic rings. The average molecular weight is 519 g/mol. The first-order valence-corrected chi connectivity index (χ1v) is 13.3. The van der Waals surface area contributed by atoms with E-state index in [1.165, 1.54) is 18.0 Å². The van der Waals surface area contributed by atoms with E-state index < -0.39 is 11.4 Å². The van der Waals surface area contributed by atoms with Gasteiger partial charge >= 0.3 is 6.09 Å². The number of carbonyl (C=O) groups excluding carboxylic acids is 1. The number of rotatable bonds is 4. The molecule has 2 fully saturated rings. The number of benzene rings is 1. The van der Waals surface area contributed by atoms with Gasteiger partial charge in [0.1, 0.15) is 17.2 Å². The van der Waals surface area contributed by atoms with Gasteiger partial charge in [-0.15, -0.1) is 0 Å². The van der Waals surface area contributed by atoms with Crippen LogP contribution < -0.4 is 5.73 Å². The first-order chi connectivity index (χ1) is 18.2. The van der Waals surface area contributed by atoms with Crippen molar-refractivity contribution in [3.05, 3.63) is 65.9 Å². The maximum Gasteiger partial charge on any atom is 0.410 e. The number of hydrogen-bond acceptors (Lipinski definition) is 6. The molecule has 2 saturated heterocycles. The summed E-state index contributed by atoms with van der Waals surface area (Å²) in [5.74, 6) is 0.164. The lowest BCUT2D eigenvalue weighted by Crippen LogP contribution is -2.36. The van der Waals surface area contributed by atoms with Crippen molar-refractivity contribution in [3.8, 4) is 22.3 Å². The summed E-state index contributed by atoms with van der Waals surface area (Å²) < 4.78 is 25.9. The summed E-state index contributed by atoms with van der Waals surface area (Å²) >= 11 is 0. The Labute approximate surface area is 223 Å². The molecule has 0 spiro atoms. The maximum absolute atomic E-state index is 14.5. The van der Waals surface area contributed by atoms with Gasteiger partial charge in [-0.25, -0.2) is 14.2 Å². The summed E-state index contributed by atoms with van der Waals surface area (Å²) in [6, 6.07) is 9.81. The standard InChI is InChI=1S/C30H35FN4O3/c1-30(2,3)38-29(36)35-12-4-5-27(35)24-15-20(6-7-22(24)19-9-13-37-14-10-19)21-16-25(28(32)34-17-21)23-8-11-33-18-26(23)31/h6-8,11,15-19,27H,4-5,9-10,12-14H2,1-3H3,(H2,32,34)/t27-/m0/s1. The highest BCUT2D eigenvalue weighted by Gasteiger charge is 2.35. The van der Waals surface area contributed by atoms with Crippen LogP contribution in [-0.4, -0.2) is 46.3 Å². The van der Waals surface area contributed by atoms with Crippen LogP contribution >= 0.6 is 0 Å². The number of hydrogen-bond donors (Lipinski definition) is 1. The lowest BCUT2D eigenvalue weighted by atomic mass is 9.83. The summed E-state index contributed by atoms with van der Waals surface area (Å²) in [6.07, 6.45) is 7.81. The highest BCUT2D eigenvalue weighted by molar-refractivity contribution is 5.79. The summed E-state index contributed by atoms with van der Waals surface area (Å²) in [4.78, 5) is 23.3. The molecule has 8 heteroatoms. The van der Waals surface area contributed by atoms with Crippen LogP contribution in [0.25, 0.3) is 22.3 Å². The van der Waals surface area contributed by atoms with Gasteiger partial charge in [0.2, 0.25) is 0 Å². The highest BCUT2D eigenvalue weighted by Crippen LogP contribution is 2.42. The molecule has 2 N–H and O–H groups in total. The van der Waals surface area contributed by atoms with E-state index in [1.54, 1.807) is 12.3 Å². The fourth-order valence-corrected chi connectivity index (χ4v) is 5.49. The maximum atomic E-state index is 14.5. The number of nitrogens with two attached hydrogens (primary N) is 1. The molecule has 3 aromatic rings. The predicted octanol–water partition coefficient (Wildman–Crippen LogP) is 6.50. The largest absolute Gasteiger partial charge is 0.444 e. The molecule has 200 valence electrons. The third kappa shape index (κ3) is 5.50. The smallest absolute Gasteiger partial charge is 0.410 e. The molecule has 0 aliphatic carbocycles. The van der Waals surface area contributed by atoms with E-state index in [-0.39, 0.29) is 18.0 Å². The molecule has 4 heterocycles. The molecule has 7 nitrogen and oxygen atoms in total. The van der Waals surface area contributed by atoms with Gasteiger partial charge in [0.15, 0.2) is 0 Å². The number of amides is 1. The fourth-order valence-electron chi connectivity index (χ4n) is 5.49. The van der Waals surface area contributed by atoms with Gasteiger partial charge in [0, 0.05) is 48.8 Å². The predicted molar refractivity (Wildman–Crippen MR) is 145 cm³/mol. The second-order valence-electron chi connectivity index (χ2n) is 11.1. The molecule has 5 rings (SSSR count). The summed E-state index contributed by atoms with van der Waals surface area (Å²) in [5, 5.41) is 0. The zero-order chi connectivity index (χ0) is 26.9. The topological polar surface area (TPSA) is 90.6 Å². The van der Waals surface area contributed by atoms with Crippen molar-refractivity contribution in [1.82, 2.24) is 14.9 Å². The Morgan fingerprint density at radius 2 is 1.84 bits per heavy atom. The monoisotopic (exact) mass is 518 g/mol. The summed E-state index contributed by atoms with van der Waals surface area (Å²) in [6.45, 7) is 7.79. The Balaban J connectivity index is 1.57. The van der Waals surface area contributed by atoms with Crippen LogP contribution in [0.4, 0.5) is 15.0 Å². The SMILES string of the molecule is CC(C)(C)OC(=O)N1CCC[C@H]1c1cc(-c2cnc(N)c(-c3ccncc3F)c2)ccc1C1CCOCC1. The molecule has 1 aromatic carbocycles. The summed E-state index contributed by atoms with van der Waals surface area (Å²) in [7, 11) is 0. The lowest BCUT2D eigenvalue weighted by molar-refractivity contribution is 0.0222. The molecular weight excluding hydrogens is 483 g/mol. The van der Waals surface area contributed by atoms with Crippen LogP contribution in [0.5, 0.6) is 0 Å². The molecule has 1 amide bonds. The number of anilines is 1. The third-order valence-corrected chi connectivity index (χ3v) is 7.30. The van der Waals surface area contributed by atoms with E-state index in [9.17, 15) is 9.18 Å². The Morgan fingerprint density at radius 1 is 1.05 bits per heavy atom. The minimum Gasteiger partial charge on any atom is -0.444 e. The zero-order valence-corrected chi connectivity index (χ0v) is 22.2. The van der Waals surface area contributed by atoms with Crippen LogP contribution in [0.15, 0.2) is 48.9 Å². The number of carbonyl (C=O) groups is 1. The van der Waals surface area contributed by atoms with Gasteiger partial charge in [0.25, 0.3) is 0 Å². The molecule has 2 aromatic heterocycles. The van der Waals surface area contributed by atoms with Crippen molar-refractivity contribution in [2.45, 2.75) is 64.0 Å². The third-order valence-electron chi connectivity index (χ3n) is 7.30.